The Morgan fingerprint density at radius 3 is 1.60 bits per heavy atom. The number of rotatable bonds is 0. The van der Waals surface area contributed by atoms with Crippen LogP contribution in [0.2, 0.25) is 0 Å². The average Bonchev–Trinajstić information content (AvgIpc) is 1.38. The molecular formula is C4H10N+. The molecule has 0 aliphatic rings. The highest BCUT2D eigenvalue weighted by molar-refractivity contribution is 5.46. The monoisotopic (exact) mass is 72.1 g/mol. The predicted octanol–water partition coefficient (Wildman–Crippen LogP) is 0.349. The zero-order valence-electron chi connectivity index (χ0n) is 4.02. The minimum absolute atomic E-state index is 2.00. The Bertz CT molecular complexity index is 41.6. The van der Waals surface area contributed by atoms with Crippen LogP contribution in [0.25, 0.3) is 0 Å². The summed E-state index contributed by atoms with van der Waals surface area (Å²) in [6, 6.07) is 0. The molecule has 1 nitrogen and oxygen atoms in total. The van der Waals surface area contributed by atoms with E-state index in [1.807, 2.05) is 31.8 Å². The molecule has 0 aromatic rings. The number of hydrogen-bond donors (Lipinski definition) is 0. The highest BCUT2D eigenvalue weighted by atomic mass is 14.9. The van der Waals surface area contributed by atoms with Crippen LogP contribution in [0.5, 0.6) is 0 Å². The first-order valence-corrected chi connectivity index (χ1v) is 1.73. The fourth-order valence-corrected chi connectivity index (χ4v) is 0. The standard InChI is InChI=1S/C4H10N/c1-4-5(2)3/h4H,1-3H3/q+1. The van der Waals surface area contributed by atoms with Crippen LogP contribution < -0.4 is 0 Å². The van der Waals surface area contributed by atoms with Gasteiger partial charge in [0.05, 0.1) is 0 Å². The van der Waals surface area contributed by atoms with Gasteiger partial charge in [0.15, 0.2) is 0 Å². The molecule has 0 saturated carbocycles. The number of hydrogen-bond acceptors (Lipinski definition) is 0. The molecule has 0 atom stereocenters. The van der Waals surface area contributed by atoms with Gasteiger partial charge in [-0.15, -0.1) is 0 Å². The maximum Gasteiger partial charge on any atom is 0.136 e. The van der Waals surface area contributed by atoms with Crippen LogP contribution >= 0.6 is 0 Å². The summed E-state index contributed by atoms with van der Waals surface area (Å²) in [5.41, 5.74) is 0. The molecule has 5 heavy (non-hydrogen) atoms. The summed E-state index contributed by atoms with van der Waals surface area (Å²) in [6.07, 6.45) is 2.00. The van der Waals surface area contributed by atoms with E-state index in [-0.39, 0.29) is 0 Å². The quantitative estimate of drug-likeness (QED) is 0.287. The molecule has 0 bridgehead atoms. The van der Waals surface area contributed by atoms with E-state index in [1.54, 1.807) is 0 Å². The third-order valence-corrected chi connectivity index (χ3v) is 0.516. The van der Waals surface area contributed by atoms with E-state index >= 15 is 0 Å². The van der Waals surface area contributed by atoms with Crippen molar-refractivity contribution in [3.63, 3.8) is 0 Å². The Morgan fingerprint density at radius 1 is 1.40 bits per heavy atom. The maximum atomic E-state index is 2.00. The highest BCUT2D eigenvalue weighted by Crippen LogP contribution is 1.43. The maximum absolute atomic E-state index is 2.00. The molecule has 0 aromatic heterocycles. The summed E-state index contributed by atoms with van der Waals surface area (Å²) in [4.78, 5) is 0. The van der Waals surface area contributed by atoms with Crippen molar-refractivity contribution in [2.24, 2.45) is 0 Å². The van der Waals surface area contributed by atoms with Crippen molar-refractivity contribution in [3.05, 3.63) is 0 Å². The summed E-state index contributed by atoms with van der Waals surface area (Å²) >= 11 is 0. The third kappa shape index (κ3) is 3.67. The fraction of sp³-hybridized carbons (Fsp3) is 0.750. The Kier molecular flexibility index (Phi) is 1.81. The van der Waals surface area contributed by atoms with Gasteiger partial charge in [0.25, 0.3) is 0 Å². The molecule has 1 heteroatoms. The first kappa shape index (κ1) is 4.67. The molecule has 0 fully saturated rings. The first-order valence-electron chi connectivity index (χ1n) is 1.73. The van der Waals surface area contributed by atoms with Crippen LogP contribution in [0, 0.1) is 0 Å². The lowest BCUT2D eigenvalue weighted by atomic mass is 10.8. The van der Waals surface area contributed by atoms with Gasteiger partial charge in [-0.3, -0.25) is 0 Å². The second kappa shape index (κ2) is 1.94. The van der Waals surface area contributed by atoms with Crippen LogP contribution in [0.1, 0.15) is 6.92 Å². The Morgan fingerprint density at radius 2 is 1.60 bits per heavy atom. The van der Waals surface area contributed by atoms with E-state index in [1.165, 1.54) is 0 Å². The molecule has 0 saturated heterocycles. The SMILES string of the molecule is CC=[N+](C)C. The van der Waals surface area contributed by atoms with Gasteiger partial charge >= 0.3 is 0 Å². The summed E-state index contributed by atoms with van der Waals surface area (Å²) in [7, 11) is 4.00. The number of nitrogens with zero attached hydrogens (tertiary/aromatic N) is 1. The predicted molar refractivity (Wildman–Crippen MR) is 23.8 cm³/mol. The topological polar surface area (TPSA) is 3.01 Å². The molecule has 0 N–H and O–H groups in total. The van der Waals surface area contributed by atoms with E-state index < -0.39 is 0 Å². The van der Waals surface area contributed by atoms with Crippen molar-refractivity contribution in [1.29, 1.82) is 0 Å². The van der Waals surface area contributed by atoms with Gasteiger partial charge in [-0.2, -0.15) is 0 Å². The lowest BCUT2D eigenvalue weighted by molar-refractivity contribution is -0.459. The second-order valence-electron chi connectivity index (χ2n) is 1.22. The van der Waals surface area contributed by atoms with Crippen molar-refractivity contribution in [2.45, 2.75) is 6.92 Å². The van der Waals surface area contributed by atoms with E-state index in [0.717, 1.165) is 0 Å². The molecule has 0 rings (SSSR count). The van der Waals surface area contributed by atoms with Gasteiger partial charge in [0.1, 0.15) is 20.3 Å². The molecule has 0 spiro atoms. The van der Waals surface area contributed by atoms with Crippen LogP contribution in [-0.4, -0.2) is 24.9 Å². The fourth-order valence-electron chi connectivity index (χ4n) is 0. The third-order valence-electron chi connectivity index (χ3n) is 0.516. The van der Waals surface area contributed by atoms with Crippen molar-refractivity contribution in [2.75, 3.05) is 14.1 Å². The summed E-state index contributed by atoms with van der Waals surface area (Å²) in [5, 5.41) is 0. The second-order valence-corrected chi connectivity index (χ2v) is 1.22. The molecule has 0 aromatic carbocycles. The molecule has 0 heterocycles. The molecule has 0 radical (unpaired) electrons. The van der Waals surface area contributed by atoms with Crippen LogP contribution in [0.3, 0.4) is 0 Å². The van der Waals surface area contributed by atoms with E-state index in [0.29, 0.717) is 0 Å². The molecule has 0 unspecified atom stereocenters. The van der Waals surface area contributed by atoms with Crippen molar-refractivity contribution >= 4 is 6.21 Å². The van der Waals surface area contributed by atoms with Gasteiger partial charge in [-0.05, 0) is 0 Å². The van der Waals surface area contributed by atoms with E-state index in [4.69, 9.17) is 0 Å². The molecule has 0 aliphatic heterocycles. The van der Waals surface area contributed by atoms with Crippen molar-refractivity contribution in [3.8, 4) is 0 Å². The Labute approximate surface area is 32.9 Å². The largest absolute Gasteiger partial charge is 0.245 e. The Balaban J connectivity index is 3.14. The van der Waals surface area contributed by atoms with Gasteiger partial charge in [-0.25, -0.2) is 4.58 Å². The molecular weight excluding hydrogens is 62.1 g/mol. The zero-order chi connectivity index (χ0) is 4.28. The zero-order valence-corrected chi connectivity index (χ0v) is 4.02. The normalized spacial score (nSPS) is 7.00. The Hall–Kier alpha value is -0.330. The molecule has 30 valence electrons. The highest BCUT2D eigenvalue weighted by Gasteiger charge is 1.64. The van der Waals surface area contributed by atoms with Gasteiger partial charge in [0.2, 0.25) is 0 Å². The van der Waals surface area contributed by atoms with Crippen LogP contribution in [0.4, 0.5) is 0 Å². The average molecular weight is 72.1 g/mol. The summed E-state index contributed by atoms with van der Waals surface area (Å²) in [6.45, 7) is 2.00. The van der Waals surface area contributed by atoms with Gasteiger partial charge in [-0.1, -0.05) is 0 Å². The van der Waals surface area contributed by atoms with E-state index in [9.17, 15) is 0 Å². The summed E-state index contributed by atoms with van der Waals surface area (Å²) in [5.74, 6) is 0. The summed E-state index contributed by atoms with van der Waals surface area (Å²) < 4.78 is 2.00. The van der Waals surface area contributed by atoms with Crippen LogP contribution in [0.15, 0.2) is 0 Å². The first-order chi connectivity index (χ1) is 2.27. The van der Waals surface area contributed by atoms with Crippen molar-refractivity contribution in [1.82, 2.24) is 0 Å². The van der Waals surface area contributed by atoms with Gasteiger partial charge < -0.3 is 0 Å². The van der Waals surface area contributed by atoms with Gasteiger partial charge in [0, 0.05) is 6.92 Å². The minimum Gasteiger partial charge on any atom is -0.245 e. The van der Waals surface area contributed by atoms with Crippen molar-refractivity contribution < 1.29 is 4.58 Å². The lowest BCUT2D eigenvalue weighted by Gasteiger charge is -1.72. The van der Waals surface area contributed by atoms with E-state index in [2.05, 4.69) is 0 Å². The molecule has 0 aliphatic carbocycles. The molecule has 0 amide bonds. The van der Waals surface area contributed by atoms with Crippen LogP contribution in [-0.2, 0) is 0 Å². The lowest BCUT2D eigenvalue weighted by Crippen LogP contribution is -1.93. The smallest absolute Gasteiger partial charge is 0.136 e. The minimum atomic E-state index is 2.00.